The molecule has 0 bridgehead atoms. The number of pyridine rings is 1. The van der Waals surface area contributed by atoms with Crippen molar-refractivity contribution in [1.29, 1.82) is 0 Å². The number of rotatable bonds is 0. The average molecular weight is 177 g/mol. The Kier molecular flexibility index (Phi) is 1.51. The van der Waals surface area contributed by atoms with Crippen molar-refractivity contribution in [2.45, 2.75) is 6.92 Å². The van der Waals surface area contributed by atoms with E-state index in [-0.39, 0.29) is 5.56 Å². The van der Waals surface area contributed by atoms with Crippen LogP contribution in [0.1, 0.15) is 5.69 Å². The van der Waals surface area contributed by atoms with Gasteiger partial charge in [0.2, 0.25) is 5.56 Å². The Morgan fingerprint density at radius 2 is 2.15 bits per heavy atom. The number of H-pyrrole nitrogens is 2. The molecule has 66 valence electrons. The molecule has 0 aliphatic heterocycles. The lowest BCUT2D eigenvalue weighted by atomic mass is 10.2. The van der Waals surface area contributed by atoms with Gasteiger partial charge in [0.05, 0.1) is 11.2 Å². The number of nitrogens with zero attached hydrogens (tertiary/aromatic N) is 1. The Labute approximate surface area is 72.5 Å². The number of hydrogen-bond donors (Lipinski definition) is 2. The van der Waals surface area contributed by atoms with E-state index < -0.39 is 5.69 Å². The van der Waals surface area contributed by atoms with Gasteiger partial charge in [-0.2, -0.15) is 4.98 Å². The second-order valence-corrected chi connectivity index (χ2v) is 2.75. The smallest absolute Gasteiger partial charge is 0.328 e. The van der Waals surface area contributed by atoms with Crippen molar-refractivity contribution in [3.63, 3.8) is 0 Å². The highest BCUT2D eigenvalue weighted by atomic mass is 16.1. The van der Waals surface area contributed by atoms with Gasteiger partial charge in [0.25, 0.3) is 0 Å². The van der Waals surface area contributed by atoms with Crippen LogP contribution in [0.15, 0.2) is 21.9 Å². The SMILES string of the molecule is Cc1nc(=O)[nH]c2cc(=O)[nH]cc12. The Morgan fingerprint density at radius 1 is 1.38 bits per heavy atom. The maximum Gasteiger partial charge on any atom is 0.345 e. The molecule has 5 heteroatoms. The molecule has 0 aliphatic rings. The van der Waals surface area contributed by atoms with E-state index in [4.69, 9.17) is 0 Å². The first-order valence-electron chi connectivity index (χ1n) is 3.76. The Morgan fingerprint density at radius 3 is 2.92 bits per heavy atom. The Bertz CT molecular complexity index is 562. The van der Waals surface area contributed by atoms with Gasteiger partial charge >= 0.3 is 5.69 Å². The van der Waals surface area contributed by atoms with E-state index in [2.05, 4.69) is 15.0 Å². The molecule has 0 aromatic carbocycles. The number of nitrogens with one attached hydrogen (secondary N) is 2. The third kappa shape index (κ3) is 1.24. The van der Waals surface area contributed by atoms with Crippen LogP contribution in [0.25, 0.3) is 10.9 Å². The Hall–Kier alpha value is -1.91. The molecule has 0 spiro atoms. The van der Waals surface area contributed by atoms with Crippen LogP contribution < -0.4 is 11.2 Å². The van der Waals surface area contributed by atoms with Crippen LogP contribution >= 0.6 is 0 Å². The fourth-order valence-electron chi connectivity index (χ4n) is 1.23. The zero-order valence-electron chi connectivity index (χ0n) is 6.92. The molecule has 13 heavy (non-hydrogen) atoms. The highest BCUT2D eigenvalue weighted by molar-refractivity contribution is 5.78. The van der Waals surface area contributed by atoms with Crippen molar-refractivity contribution < 1.29 is 0 Å². The molecule has 0 aliphatic carbocycles. The van der Waals surface area contributed by atoms with Gasteiger partial charge in [-0.25, -0.2) is 4.79 Å². The van der Waals surface area contributed by atoms with Gasteiger partial charge in [-0.05, 0) is 6.92 Å². The second kappa shape index (κ2) is 2.55. The van der Waals surface area contributed by atoms with Gasteiger partial charge in [-0.1, -0.05) is 0 Å². The molecule has 0 atom stereocenters. The molecular weight excluding hydrogens is 170 g/mol. The summed E-state index contributed by atoms with van der Waals surface area (Å²) in [5.41, 5.74) is 0.445. The minimum atomic E-state index is -0.435. The van der Waals surface area contributed by atoms with Crippen LogP contribution in [-0.4, -0.2) is 15.0 Å². The summed E-state index contributed by atoms with van der Waals surface area (Å²) in [7, 11) is 0. The highest BCUT2D eigenvalue weighted by Gasteiger charge is 2.00. The van der Waals surface area contributed by atoms with Crippen molar-refractivity contribution in [1.82, 2.24) is 15.0 Å². The first-order chi connectivity index (χ1) is 6.16. The quantitative estimate of drug-likeness (QED) is 0.590. The van der Waals surface area contributed by atoms with Crippen molar-refractivity contribution >= 4 is 10.9 Å². The fourth-order valence-corrected chi connectivity index (χ4v) is 1.23. The Balaban J connectivity index is 3.03. The van der Waals surface area contributed by atoms with Crippen molar-refractivity contribution in [3.05, 3.63) is 38.8 Å². The molecule has 0 unspecified atom stereocenters. The topological polar surface area (TPSA) is 78.6 Å². The predicted octanol–water partition coefficient (Wildman–Crippen LogP) is -0.0802. The van der Waals surface area contributed by atoms with Crippen LogP contribution in [0.3, 0.4) is 0 Å². The maximum absolute atomic E-state index is 10.9. The zero-order chi connectivity index (χ0) is 9.42. The summed E-state index contributed by atoms with van der Waals surface area (Å²) >= 11 is 0. The van der Waals surface area contributed by atoms with Gasteiger partial charge in [0.1, 0.15) is 0 Å². The molecule has 0 saturated heterocycles. The summed E-state index contributed by atoms with van der Waals surface area (Å²) in [5.74, 6) is 0. The molecule has 0 saturated carbocycles. The lowest BCUT2D eigenvalue weighted by Gasteiger charge is -1.97. The van der Waals surface area contributed by atoms with Crippen LogP contribution in [0, 0.1) is 6.92 Å². The van der Waals surface area contributed by atoms with E-state index in [9.17, 15) is 9.59 Å². The minimum absolute atomic E-state index is 0.242. The third-order valence-electron chi connectivity index (χ3n) is 1.83. The number of fused-ring (bicyclic) bond motifs is 1. The normalized spacial score (nSPS) is 10.5. The number of hydrogen-bond acceptors (Lipinski definition) is 3. The van der Waals surface area contributed by atoms with Gasteiger partial charge in [-0.3, -0.25) is 4.79 Å². The monoisotopic (exact) mass is 177 g/mol. The second-order valence-electron chi connectivity index (χ2n) is 2.75. The van der Waals surface area contributed by atoms with E-state index >= 15 is 0 Å². The van der Waals surface area contributed by atoms with Crippen LogP contribution in [0.2, 0.25) is 0 Å². The van der Waals surface area contributed by atoms with Crippen LogP contribution in [0.4, 0.5) is 0 Å². The summed E-state index contributed by atoms with van der Waals surface area (Å²) in [6, 6.07) is 1.34. The first-order valence-corrected chi connectivity index (χ1v) is 3.76. The number of aryl methyl sites for hydroxylation is 1. The van der Waals surface area contributed by atoms with E-state index in [1.807, 2.05) is 0 Å². The summed E-state index contributed by atoms with van der Waals surface area (Å²) in [4.78, 5) is 30.5. The molecule has 0 fully saturated rings. The van der Waals surface area contributed by atoms with Crippen molar-refractivity contribution in [3.8, 4) is 0 Å². The summed E-state index contributed by atoms with van der Waals surface area (Å²) in [5, 5.41) is 0.749. The molecule has 2 aromatic heterocycles. The fraction of sp³-hybridized carbons (Fsp3) is 0.125. The van der Waals surface area contributed by atoms with Gasteiger partial charge in [-0.15, -0.1) is 0 Å². The molecule has 2 heterocycles. The van der Waals surface area contributed by atoms with E-state index in [0.717, 1.165) is 5.39 Å². The molecule has 2 N–H and O–H groups in total. The summed E-state index contributed by atoms with van der Waals surface area (Å²) in [6.45, 7) is 1.72. The van der Waals surface area contributed by atoms with E-state index in [0.29, 0.717) is 11.2 Å². The highest BCUT2D eigenvalue weighted by Crippen LogP contribution is 2.07. The van der Waals surface area contributed by atoms with Gasteiger partial charge in [0, 0.05) is 17.6 Å². The predicted molar refractivity (Wildman–Crippen MR) is 47.7 cm³/mol. The largest absolute Gasteiger partial charge is 0.345 e. The van der Waals surface area contributed by atoms with Crippen molar-refractivity contribution in [2.75, 3.05) is 0 Å². The minimum Gasteiger partial charge on any atom is -0.328 e. The summed E-state index contributed by atoms with van der Waals surface area (Å²) in [6.07, 6.45) is 1.54. The molecule has 2 rings (SSSR count). The molecule has 0 amide bonds. The number of aromatic amines is 2. The van der Waals surface area contributed by atoms with Gasteiger partial charge < -0.3 is 9.97 Å². The van der Waals surface area contributed by atoms with Gasteiger partial charge in [0.15, 0.2) is 0 Å². The van der Waals surface area contributed by atoms with E-state index in [1.165, 1.54) is 12.3 Å². The average Bonchev–Trinajstić information content (AvgIpc) is 2.02. The third-order valence-corrected chi connectivity index (χ3v) is 1.83. The molecule has 5 nitrogen and oxygen atoms in total. The van der Waals surface area contributed by atoms with Crippen LogP contribution in [0.5, 0.6) is 0 Å². The van der Waals surface area contributed by atoms with E-state index in [1.54, 1.807) is 6.92 Å². The lowest BCUT2D eigenvalue weighted by Crippen LogP contribution is -2.14. The zero-order valence-corrected chi connectivity index (χ0v) is 6.92. The lowest BCUT2D eigenvalue weighted by molar-refractivity contribution is 1.06. The number of aromatic nitrogens is 3. The standard InChI is InChI=1S/C8H7N3O2/c1-4-5-3-9-7(12)2-6(5)11-8(13)10-4/h2-3H,1H3,(H,9,12)(H,10,11,13). The van der Waals surface area contributed by atoms with Crippen molar-refractivity contribution in [2.24, 2.45) is 0 Å². The molecular formula is C8H7N3O2. The summed E-state index contributed by atoms with van der Waals surface area (Å²) < 4.78 is 0. The molecule has 2 aromatic rings. The van der Waals surface area contributed by atoms with Crippen LogP contribution in [-0.2, 0) is 0 Å². The first kappa shape index (κ1) is 7.72. The molecule has 0 radical (unpaired) electrons. The maximum atomic E-state index is 10.9.